The Kier molecular flexibility index (Phi) is 6.44. The fourth-order valence-electron chi connectivity index (χ4n) is 2.12. The maximum Gasteiger partial charge on any atom is 0.221 e. The lowest BCUT2D eigenvalue weighted by molar-refractivity contribution is 0.0995. The van der Waals surface area contributed by atoms with Gasteiger partial charge in [-0.25, -0.2) is 4.98 Å². The third kappa shape index (κ3) is 4.69. The molecule has 0 saturated carbocycles. The van der Waals surface area contributed by atoms with Crippen LogP contribution in [0.4, 0.5) is 0 Å². The lowest BCUT2D eigenvalue weighted by Gasteiger charge is -2.11. The van der Waals surface area contributed by atoms with Crippen molar-refractivity contribution in [3.63, 3.8) is 0 Å². The molecule has 2 aromatic rings. The third-order valence-corrected chi connectivity index (χ3v) is 3.13. The lowest BCUT2D eigenvalue weighted by Crippen LogP contribution is -2.14. The van der Waals surface area contributed by atoms with Gasteiger partial charge in [-0.1, -0.05) is 32.0 Å². The van der Waals surface area contributed by atoms with E-state index in [1.54, 1.807) is 0 Å². The van der Waals surface area contributed by atoms with E-state index in [1.165, 1.54) is 0 Å². The Morgan fingerprint density at radius 2 is 1.95 bits per heavy atom. The van der Waals surface area contributed by atoms with E-state index in [1.807, 2.05) is 18.2 Å². The molecule has 114 valence electrons. The molecule has 4 heteroatoms. The monoisotopic (exact) mass is 288 g/mol. The first-order valence-corrected chi connectivity index (χ1v) is 7.65. The molecule has 0 fully saturated rings. The van der Waals surface area contributed by atoms with Crippen LogP contribution in [0.15, 0.2) is 30.3 Å². The normalized spacial score (nSPS) is 11.0. The second-order valence-electron chi connectivity index (χ2n) is 4.88. The number of ether oxygens (including phenoxy) is 2. The fourth-order valence-corrected chi connectivity index (χ4v) is 2.12. The van der Waals surface area contributed by atoms with Crippen LogP contribution in [0.3, 0.4) is 0 Å². The molecule has 4 nitrogen and oxygen atoms in total. The van der Waals surface area contributed by atoms with Gasteiger partial charge in [0.2, 0.25) is 5.88 Å². The molecule has 0 unspecified atom stereocenters. The summed E-state index contributed by atoms with van der Waals surface area (Å²) in [6.07, 6.45) is 1.03. The third-order valence-electron chi connectivity index (χ3n) is 3.13. The van der Waals surface area contributed by atoms with Gasteiger partial charge in [-0.15, -0.1) is 0 Å². The number of benzene rings is 1. The molecule has 2 rings (SSSR count). The molecular weight excluding hydrogens is 264 g/mol. The fraction of sp³-hybridized carbons (Fsp3) is 0.471. The van der Waals surface area contributed by atoms with Crippen LogP contribution < -0.4 is 10.1 Å². The molecule has 0 radical (unpaired) electrons. The summed E-state index contributed by atoms with van der Waals surface area (Å²) in [6.45, 7) is 7.77. The average molecular weight is 288 g/mol. The van der Waals surface area contributed by atoms with E-state index in [9.17, 15) is 0 Å². The van der Waals surface area contributed by atoms with Crippen molar-refractivity contribution in [2.24, 2.45) is 0 Å². The number of nitrogens with zero attached hydrogens (tertiary/aromatic N) is 1. The zero-order valence-electron chi connectivity index (χ0n) is 12.9. The van der Waals surface area contributed by atoms with Gasteiger partial charge in [-0.2, -0.15) is 0 Å². The van der Waals surface area contributed by atoms with Crippen LogP contribution in [0, 0.1) is 0 Å². The summed E-state index contributed by atoms with van der Waals surface area (Å²) >= 11 is 0. The first-order chi connectivity index (χ1) is 10.3. The summed E-state index contributed by atoms with van der Waals surface area (Å²) in [6, 6.07) is 10.3. The standard InChI is InChI=1S/C17H24N2O2/c1-3-9-20-10-11-21-17-16-8-6-5-7-14(16)12-15(19-17)13-18-4-2/h5-8,12,18H,3-4,9-11,13H2,1-2H3. The maximum absolute atomic E-state index is 5.82. The average Bonchev–Trinajstić information content (AvgIpc) is 2.52. The minimum absolute atomic E-state index is 0.529. The van der Waals surface area contributed by atoms with Crippen LogP contribution >= 0.6 is 0 Å². The van der Waals surface area contributed by atoms with Crippen molar-refractivity contribution in [3.8, 4) is 5.88 Å². The molecule has 0 aliphatic carbocycles. The Morgan fingerprint density at radius 3 is 2.76 bits per heavy atom. The molecule has 21 heavy (non-hydrogen) atoms. The second-order valence-corrected chi connectivity index (χ2v) is 4.88. The number of rotatable bonds is 9. The van der Waals surface area contributed by atoms with Crippen LogP contribution in [0.25, 0.3) is 10.8 Å². The molecule has 0 saturated heterocycles. The summed E-state index contributed by atoms with van der Waals surface area (Å²) in [5.74, 6) is 0.695. The number of aromatic nitrogens is 1. The number of pyridine rings is 1. The molecule has 0 bridgehead atoms. The van der Waals surface area contributed by atoms with Gasteiger partial charge in [0.1, 0.15) is 6.61 Å². The van der Waals surface area contributed by atoms with E-state index >= 15 is 0 Å². The van der Waals surface area contributed by atoms with Gasteiger partial charge < -0.3 is 14.8 Å². The zero-order valence-corrected chi connectivity index (χ0v) is 12.9. The Bertz CT molecular complexity index is 557. The highest BCUT2D eigenvalue weighted by Crippen LogP contribution is 2.24. The molecule has 1 aromatic heterocycles. The lowest BCUT2D eigenvalue weighted by atomic mass is 10.1. The Morgan fingerprint density at radius 1 is 1.10 bits per heavy atom. The first kappa shape index (κ1) is 15.7. The SMILES string of the molecule is CCCOCCOc1nc(CNCC)cc2ccccc12. The molecule has 0 amide bonds. The second kappa shape index (κ2) is 8.60. The minimum Gasteiger partial charge on any atom is -0.475 e. The van der Waals surface area contributed by atoms with Crippen molar-refractivity contribution in [2.75, 3.05) is 26.4 Å². The number of fused-ring (bicyclic) bond motifs is 1. The molecule has 0 aliphatic rings. The first-order valence-electron chi connectivity index (χ1n) is 7.65. The summed E-state index contributed by atoms with van der Waals surface area (Å²) in [4.78, 5) is 4.62. The van der Waals surface area contributed by atoms with Gasteiger partial charge in [0.25, 0.3) is 0 Å². The highest BCUT2D eigenvalue weighted by atomic mass is 16.5. The van der Waals surface area contributed by atoms with E-state index in [0.717, 1.165) is 42.6 Å². The molecule has 1 N–H and O–H groups in total. The van der Waals surface area contributed by atoms with Crippen molar-refractivity contribution in [2.45, 2.75) is 26.8 Å². The van der Waals surface area contributed by atoms with E-state index in [4.69, 9.17) is 9.47 Å². The van der Waals surface area contributed by atoms with Gasteiger partial charge >= 0.3 is 0 Å². The van der Waals surface area contributed by atoms with Gasteiger partial charge in [0, 0.05) is 18.5 Å². The summed E-state index contributed by atoms with van der Waals surface area (Å²) in [7, 11) is 0. The number of nitrogens with one attached hydrogen (secondary N) is 1. The van der Waals surface area contributed by atoms with Crippen LogP contribution in [0.1, 0.15) is 26.0 Å². The van der Waals surface area contributed by atoms with E-state index < -0.39 is 0 Å². The van der Waals surface area contributed by atoms with Gasteiger partial charge in [-0.3, -0.25) is 0 Å². The van der Waals surface area contributed by atoms with Crippen molar-refractivity contribution < 1.29 is 9.47 Å². The Labute approximate surface area is 126 Å². The van der Waals surface area contributed by atoms with E-state index in [0.29, 0.717) is 19.1 Å². The molecule has 0 aliphatic heterocycles. The highest BCUT2D eigenvalue weighted by molar-refractivity contribution is 5.87. The topological polar surface area (TPSA) is 43.4 Å². The van der Waals surface area contributed by atoms with Crippen LogP contribution in [0.2, 0.25) is 0 Å². The molecule has 1 heterocycles. The van der Waals surface area contributed by atoms with Crippen molar-refractivity contribution >= 4 is 10.8 Å². The van der Waals surface area contributed by atoms with Gasteiger partial charge in [0.15, 0.2) is 0 Å². The van der Waals surface area contributed by atoms with Gasteiger partial charge in [0.05, 0.1) is 12.3 Å². The van der Waals surface area contributed by atoms with Gasteiger partial charge in [-0.05, 0) is 30.5 Å². The van der Waals surface area contributed by atoms with Crippen molar-refractivity contribution in [1.82, 2.24) is 10.3 Å². The smallest absolute Gasteiger partial charge is 0.221 e. The molecule has 0 spiro atoms. The molecular formula is C17H24N2O2. The minimum atomic E-state index is 0.529. The van der Waals surface area contributed by atoms with Crippen LogP contribution in [-0.2, 0) is 11.3 Å². The highest BCUT2D eigenvalue weighted by Gasteiger charge is 2.07. The molecule has 0 atom stereocenters. The molecule has 1 aromatic carbocycles. The Hall–Kier alpha value is -1.65. The van der Waals surface area contributed by atoms with E-state index in [2.05, 4.69) is 36.3 Å². The maximum atomic E-state index is 5.82. The van der Waals surface area contributed by atoms with Crippen molar-refractivity contribution in [1.29, 1.82) is 0 Å². The predicted molar refractivity (Wildman–Crippen MR) is 85.7 cm³/mol. The zero-order chi connectivity index (χ0) is 14.9. The van der Waals surface area contributed by atoms with E-state index in [-0.39, 0.29) is 0 Å². The summed E-state index contributed by atoms with van der Waals surface area (Å²) in [5, 5.41) is 5.50. The van der Waals surface area contributed by atoms with Crippen molar-refractivity contribution in [3.05, 3.63) is 36.0 Å². The van der Waals surface area contributed by atoms with Crippen LogP contribution in [0.5, 0.6) is 5.88 Å². The summed E-state index contributed by atoms with van der Waals surface area (Å²) in [5.41, 5.74) is 1.00. The number of hydrogen-bond acceptors (Lipinski definition) is 4. The largest absolute Gasteiger partial charge is 0.475 e. The quantitative estimate of drug-likeness (QED) is 0.720. The predicted octanol–water partition coefficient (Wildman–Crippen LogP) is 3.15. The Balaban J connectivity index is 2.11. The summed E-state index contributed by atoms with van der Waals surface area (Å²) < 4.78 is 11.3. The van der Waals surface area contributed by atoms with Crippen LogP contribution in [-0.4, -0.2) is 31.3 Å². The number of hydrogen-bond donors (Lipinski definition) is 1.